The Labute approximate surface area is 669 Å². The fourth-order valence-corrected chi connectivity index (χ4v) is 19.2. The van der Waals surface area contributed by atoms with Crippen molar-refractivity contribution in [3.05, 3.63) is 84.7 Å². The summed E-state index contributed by atoms with van der Waals surface area (Å²) in [6.45, 7) is 13.7. The van der Waals surface area contributed by atoms with E-state index in [0.29, 0.717) is 85.8 Å². The van der Waals surface area contributed by atoms with Crippen molar-refractivity contribution >= 4 is 88.7 Å². The van der Waals surface area contributed by atoms with E-state index in [9.17, 15) is 81.5 Å². The van der Waals surface area contributed by atoms with Crippen LogP contribution >= 0.6 is 0 Å². The number of ether oxygens (including phenoxy) is 6. The molecule has 2 aromatic heterocycles. The minimum atomic E-state index is -4.89. The van der Waals surface area contributed by atoms with Crippen molar-refractivity contribution < 1.29 is 119 Å². The Morgan fingerprint density at radius 2 is 0.905 bits per heavy atom. The Morgan fingerprint density at radius 1 is 0.543 bits per heavy atom. The van der Waals surface area contributed by atoms with E-state index in [1.165, 1.54) is 46.5 Å². The lowest BCUT2D eigenvalue weighted by Crippen LogP contribution is -2.48. The second kappa shape index (κ2) is 34.4. The average Bonchev–Trinajstić information content (AvgIpc) is 1.57. The van der Waals surface area contributed by atoms with Crippen LogP contribution in [0.5, 0.6) is 23.3 Å². The van der Waals surface area contributed by atoms with Crippen LogP contribution in [0.1, 0.15) is 185 Å². The molecule has 0 bridgehead atoms. The lowest BCUT2D eigenvalue weighted by atomic mass is 9.82. The first-order valence-electron chi connectivity index (χ1n) is 39.8. The third-order valence-electron chi connectivity index (χ3n) is 23.9. The van der Waals surface area contributed by atoms with Gasteiger partial charge in [0, 0.05) is 48.8 Å². The van der Waals surface area contributed by atoms with Gasteiger partial charge in [0.2, 0.25) is 66.6 Å². The summed E-state index contributed by atoms with van der Waals surface area (Å²) in [6, 6.07) is 6.21. The Kier molecular flexibility index (Phi) is 26.2. The predicted molar refractivity (Wildman–Crippen MR) is 407 cm³/mol. The molecule has 0 radical (unpaired) electrons. The molecule has 4 aliphatic carbocycles. The normalized spacial score (nSPS) is 29.1. The van der Waals surface area contributed by atoms with Crippen LogP contribution in [0.25, 0.3) is 21.5 Å². The highest BCUT2D eigenvalue weighted by molar-refractivity contribution is 7.91. The van der Waals surface area contributed by atoms with Crippen LogP contribution < -0.4 is 28.4 Å². The monoisotopic (exact) mass is 1670 g/mol. The van der Waals surface area contributed by atoms with Gasteiger partial charge < -0.3 is 38.2 Å². The highest BCUT2D eigenvalue weighted by atomic mass is 32.2. The standard InChI is InChI=1S/2C41H51F4N3O9S/c2*1-6-55-34-16-25-13-14-46-36(30(25)18-31(34)42)56-27-17-32-33(49)21-40(38(52)47-58(53,54)28-11-12-28)20-26(40)10-8-7-9-23(2)15-24(3)29(37(51)48(32)22-27)19-35(50)57-39(4,5)41(43,44)45/h2*8,10,13-14,16,18,23-24,26-29,32H,6-7,9,11-12,15,17,19-22H2,1-5H3,(H,47,52)/b2*10-8-/t23-,24+,26+,27+,29-,32-,40+;23-,24-,26-,27-,29+,32+,40-/m01/s1. The minimum Gasteiger partial charge on any atom is -0.491 e. The smallest absolute Gasteiger partial charge is 0.427 e. The molecule has 24 nitrogen and oxygen atoms in total. The van der Waals surface area contributed by atoms with E-state index in [0.717, 1.165) is 27.7 Å². The van der Waals surface area contributed by atoms with Gasteiger partial charge in [-0.15, -0.1) is 0 Å². The quantitative estimate of drug-likeness (QED) is 0.0472. The van der Waals surface area contributed by atoms with E-state index in [4.69, 9.17) is 28.4 Å². The van der Waals surface area contributed by atoms with Crippen molar-refractivity contribution in [2.24, 2.45) is 58.2 Å². The highest BCUT2D eigenvalue weighted by Gasteiger charge is 2.64. The number of amides is 4. The number of alkyl halides is 6. The summed E-state index contributed by atoms with van der Waals surface area (Å²) in [7, 11) is -7.91. The third kappa shape index (κ3) is 20.1. The summed E-state index contributed by atoms with van der Waals surface area (Å²) in [5.41, 5.74) is -8.47. The summed E-state index contributed by atoms with van der Waals surface area (Å²) >= 11 is 0. The van der Waals surface area contributed by atoms with Crippen molar-refractivity contribution in [1.29, 1.82) is 0 Å². The maximum Gasteiger partial charge on any atom is 0.427 e. The molecule has 0 spiro atoms. The molecule has 0 unspecified atom stereocenters. The molecule has 12 rings (SSSR count). The lowest BCUT2D eigenvalue weighted by molar-refractivity contribution is -0.257. The Balaban J connectivity index is 0.000000228. The second-order valence-electron chi connectivity index (χ2n) is 33.9. The van der Waals surface area contributed by atoms with E-state index >= 15 is 8.78 Å². The van der Waals surface area contributed by atoms with Crippen molar-refractivity contribution in [3.63, 3.8) is 0 Å². The van der Waals surface area contributed by atoms with Crippen molar-refractivity contribution in [2.45, 2.75) is 243 Å². The number of carbonyl (C=O) groups is 8. The van der Waals surface area contributed by atoms with Crippen LogP contribution in [0.3, 0.4) is 0 Å². The van der Waals surface area contributed by atoms with Crippen molar-refractivity contribution in [3.8, 4) is 23.3 Å². The predicted octanol–water partition coefficient (Wildman–Crippen LogP) is 13.2. The zero-order chi connectivity index (χ0) is 84.7. The number of halogens is 8. The average molecular weight is 1680 g/mol. The SMILES string of the molecule is CCOc1cc2ccnc(O[C@@H]3C[C@H]4C(=O)C[C@]5(C(=O)NS(=O)(=O)C6CC6)C[C@H]5/C=C\CC[C@@H](C)C[C@@H](C)[C@H](CC(=O)OC(C)(C)C(F)(F)F)C(=O)N4C3)c2cc1F.CCOc1cc2ccnc(O[C@@H]3C[C@H]4C(=O)C[C@]5(C(=O)NS(=O)(=O)C6CC6)C[C@H]5/C=C\CC[C@H](C)C[C@@H](C)[C@H](CC(=O)OC(C)(C)C(F)(F)F)C(=O)N4C3)c2cc1F. The number of sulfonamides is 2. The molecule has 116 heavy (non-hydrogen) atoms. The largest absolute Gasteiger partial charge is 0.491 e. The summed E-state index contributed by atoms with van der Waals surface area (Å²) in [6.07, 6.45) is 1.65. The molecule has 6 fully saturated rings. The first-order chi connectivity index (χ1) is 54.3. The number of Topliss-reactive ketones (excluding diaryl/α,β-unsaturated/α-hetero) is 2. The zero-order valence-corrected chi connectivity index (χ0v) is 68.2. The number of hydrogen-bond donors (Lipinski definition) is 2. The molecule has 4 saturated carbocycles. The molecular formula is C82H102F8N6O18S2. The van der Waals surface area contributed by atoms with E-state index < -0.39 is 209 Å². The van der Waals surface area contributed by atoms with Gasteiger partial charge >= 0.3 is 24.3 Å². The van der Waals surface area contributed by atoms with Gasteiger partial charge in [0.05, 0.1) is 84.4 Å². The van der Waals surface area contributed by atoms with Crippen LogP contribution in [0.4, 0.5) is 35.1 Å². The number of esters is 2. The van der Waals surface area contributed by atoms with Crippen molar-refractivity contribution in [1.82, 2.24) is 29.2 Å². The topological polar surface area (TPSA) is 317 Å². The number of allylic oxidation sites excluding steroid dienone is 4. The molecule has 4 amide bonds. The molecule has 8 aliphatic rings. The first-order valence-corrected chi connectivity index (χ1v) is 42.8. The zero-order valence-electron chi connectivity index (χ0n) is 66.5. The number of nitrogens with one attached hydrogen (secondary N) is 2. The number of nitrogens with zero attached hydrogens (tertiary/aromatic N) is 4. The van der Waals surface area contributed by atoms with Gasteiger partial charge in [-0.05, 0) is 201 Å². The maximum atomic E-state index is 15.1. The summed E-state index contributed by atoms with van der Waals surface area (Å²) in [5, 5.41) is 0.299. The number of aromatic nitrogens is 2. The number of rotatable bonds is 20. The summed E-state index contributed by atoms with van der Waals surface area (Å²) < 4.78 is 202. The van der Waals surface area contributed by atoms with Crippen LogP contribution in [0, 0.1) is 69.8 Å². The molecule has 6 heterocycles. The number of pyridine rings is 2. The molecule has 34 heteroatoms. The van der Waals surface area contributed by atoms with Gasteiger partial charge in [0.25, 0.3) is 0 Å². The first kappa shape index (κ1) is 88.3. The van der Waals surface area contributed by atoms with Gasteiger partial charge in [-0.1, -0.05) is 52.0 Å². The maximum absolute atomic E-state index is 15.1. The molecule has 636 valence electrons. The van der Waals surface area contributed by atoms with Crippen LogP contribution in [-0.4, -0.2) is 168 Å². The summed E-state index contributed by atoms with van der Waals surface area (Å²) in [4.78, 5) is 124. The molecule has 4 aromatic rings. The molecule has 14 atom stereocenters. The Morgan fingerprint density at radius 3 is 1.24 bits per heavy atom. The fourth-order valence-electron chi connectivity index (χ4n) is 16.4. The Hall–Kier alpha value is -8.56. The molecule has 2 saturated heterocycles. The van der Waals surface area contributed by atoms with E-state index in [-0.39, 0.29) is 87.1 Å². The summed E-state index contributed by atoms with van der Waals surface area (Å²) in [5.74, 6) is -12.2. The third-order valence-corrected chi connectivity index (χ3v) is 27.6. The van der Waals surface area contributed by atoms with Gasteiger partial charge in [-0.2, -0.15) is 26.3 Å². The number of hydrogen-bond acceptors (Lipinski definition) is 20. The molecule has 4 aliphatic heterocycles. The number of benzene rings is 2. The second-order valence-corrected chi connectivity index (χ2v) is 37.8. The van der Waals surface area contributed by atoms with Crippen molar-refractivity contribution in [2.75, 3.05) is 26.3 Å². The number of fused-ring (bicyclic) bond motifs is 6. The van der Waals surface area contributed by atoms with Crippen LogP contribution in [0.2, 0.25) is 0 Å². The Bertz CT molecular complexity index is 4440. The molecule has 2 aromatic carbocycles. The molecule has 2 N–H and O–H groups in total. The highest BCUT2D eigenvalue weighted by Crippen LogP contribution is 2.59. The van der Waals surface area contributed by atoms with Gasteiger partial charge in [0.1, 0.15) is 12.2 Å². The number of ketones is 2. The van der Waals surface area contributed by atoms with Gasteiger partial charge in [-0.3, -0.25) is 47.8 Å². The van der Waals surface area contributed by atoms with E-state index in [1.807, 2.05) is 38.2 Å². The minimum absolute atomic E-state index is 0.00757. The van der Waals surface area contributed by atoms with Crippen LogP contribution in [-0.2, 0) is 67.9 Å². The van der Waals surface area contributed by atoms with Crippen LogP contribution in [0.15, 0.2) is 73.1 Å². The van der Waals surface area contributed by atoms with Gasteiger partial charge in [0.15, 0.2) is 34.7 Å². The molecular weight excluding hydrogens is 1570 g/mol. The fraction of sp³-hybridized carbons (Fsp3) is 0.634. The van der Waals surface area contributed by atoms with Gasteiger partial charge in [-0.25, -0.2) is 35.6 Å². The number of carbonyl (C=O) groups excluding carboxylic acids is 8. The van der Waals surface area contributed by atoms with E-state index in [1.54, 1.807) is 39.8 Å². The van der Waals surface area contributed by atoms with E-state index in [2.05, 4.69) is 19.4 Å². The lowest BCUT2D eigenvalue weighted by Gasteiger charge is -2.33.